The minimum atomic E-state index is -0.240. The van der Waals surface area contributed by atoms with Crippen molar-refractivity contribution in [3.8, 4) is 5.69 Å². The first-order valence-electron chi connectivity index (χ1n) is 7.68. The van der Waals surface area contributed by atoms with Gasteiger partial charge in [0.1, 0.15) is 4.70 Å². The zero-order valence-electron chi connectivity index (χ0n) is 13.8. The second-order valence-electron chi connectivity index (χ2n) is 5.63. The molecule has 7 nitrogen and oxygen atoms in total. The Labute approximate surface area is 143 Å². The summed E-state index contributed by atoms with van der Waals surface area (Å²) in [4.78, 5) is 17.1. The van der Waals surface area contributed by atoms with Gasteiger partial charge in [0, 0.05) is 19.6 Å². The molecule has 0 aliphatic rings. The molecule has 0 fully saturated rings. The van der Waals surface area contributed by atoms with Gasteiger partial charge in [0.2, 0.25) is 0 Å². The highest BCUT2D eigenvalue weighted by Crippen LogP contribution is 2.30. The quantitative estimate of drug-likeness (QED) is 0.657. The van der Waals surface area contributed by atoms with E-state index in [1.165, 1.54) is 11.3 Å². The van der Waals surface area contributed by atoms with Crippen LogP contribution in [0.1, 0.15) is 23.0 Å². The van der Waals surface area contributed by atoms with E-state index in [0.29, 0.717) is 17.9 Å². The summed E-state index contributed by atoms with van der Waals surface area (Å²) in [6, 6.07) is 7.81. The van der Waals surface area contributed by atoms with Gasteiger partial charge in [0.05, 0.1) is 5.69 Å². The van der Waals surface area contributed by atoms with Gasteiger partial charge in [0.15, 0.2) is 16.5 Å². The van der Waals surface area contributed by atoms with Crippen LogP contribution in [0.5, 0.6) is 0 Å². The van der Waals surface area contributed by atoms with Crippen LogP contribution >= 0.6 is 11.3 Å². The fourth-order valence-corrected chi connectivity index (χ4v) is 3.23. The lowest BCUT2D eigenvalue weighted by molar-refractivity contribution is 0.0937. The Morgan fingerprint density at radius 2 is 2.25 bits per heavy atom. The molecule has 0 radical (unpaired) electrons. The molecular weight excluding hydrogens is 324 g/mol. The third-order valence-electron chi connectivity index (χ3n) is 3.63. The number of aryl methyl sites for hydroxylation is 1. The van der Waals surface area contributed by atoms with E-state index in [0.717, 1.165) is 21.1 Å². The first-order chi connectivity index (χ1) is 11.5. The van der Waals surface area contributed by atoms with Gasteiger partial charge >= 0.3 is 0 Å². The minimum absolute atomic E-state index is 0.117. The zero-order chi connectivity index (χ0) is 17.3. The van der Waals surface area contributed by atoms with Crippen LogP contribution in [0.4, 0.5) is 5.13 Å². The van der Waals surface area contributed by atoms with Crippen molar-refractivity contribution in [3.05, 3.63) is 35.5 Å². The maximum absolute atomic E-state index is 12.6. The minimum Gasteiger partial charge on any atom is -0.365 e. The lowest BCUT2D eigenvalue weighted by Gasteiger charge is -2.09. The highest BCUT2D eigenvalue weighted by atomic mass is 32.1. The molecule has 126 valence electrons. The number of hydrogen-bond acceptors (Lipinski definition) is 6. The number of thiazole rings is 1. The Balaban J connectivity index is 2.13. The second-order valence-corrected chi connectivity index (χ2v) is 6.63. The molecule has 1 atom stereocenters. The van der Waals surface area contributed by atoms with Crippen molar-refractivity contribution in [3.63, 3.8) is 0 Å². The number of anilines is 1. The number of carbonyl (C=O) groups excluding carboxylic acids is 1. The molecule has 0 bridgehead atoms. The number of aromatic nitrogens is 3. The molecule has 1 amide bonds. The summed E-state index contributed by atoms with van der Waals surface area (Å²) in [7, 11) is 1.80. The number of amides is 1. The molecule has 0 aliphatic carbocycles. The molecule has 0 saturated carbocycles. The number of benzene rings is 1. The molecular formula is C16H20N6OS. The number of carbonyl (C=O) groups is 1. The molecule has 2 aromatic heterocycles. The summed E-state index contributed by atoms with van der Waals surface area (Å²) in [5.74, 6) is -0.240. The van der Waals surface area contributed by atoms with Crippen molar-refractivity contribution in [2.75, 3.05) is 18.9 Å². The lowest BCUT2D eigenvalue weighted by atomic mass is 10.2. The maximum atomic E-state index is 12.6. The molecule has 0 saturated heterocycles. The van der Waals surface area contributed by atoms with Gasteiger partial charge in [-0.1, -0.05) is 23.5 Å². The molecule has 3 aromatic rings. The summed E-state index contributed by atoms with van der Waals surface area (Å²) in [6.07, 6.45) is 0. The van der Waals surface area contributed by atoms with E-state index in [2.05, 4.69) is 20.7 Å². The van der Waals surface area contributed by atoms with E-state index in [1.54, 1.807) is 11.7 Å². The van der Waals surface area contributed by atoms with Gasteiger partial charge in [0.25, 0.3) is 5.91 Å². The van der Waals surface area contributed by atoms with Gasteiger partial charge < -0.3 is 16.4 Å². The smallest absolute Gasteiger partial charge is 0.273 e. The molecule has 4 N–H and O–H groups in total. The van der Waals surface area contributed by atoms with E-state index in [4.69, 9.17) is 5.73 Å². The summed E-state index contributed by atoms with van der Waals surface area (Å²) in [5, 5.41) is 11.1. The van der Waals surface area contributed by atoms with Gasteiger partial charge in [-0.05, 0) is 31.5 Å². The van der Waals surface area contributed by atoms with E-state index in [1.807, 2.05) is 38.1 Å². The third-order valence-corrected chi connectivity index (χ3v) is 4.70. The molecule has 3 rings (SSSR count). The number of fused-ring (bicyclic) bond motifs is 1. The van der Waals surface area contributed by atoms with Crippen LogP contribution in [-0.2, 0) is 0 Å². The zero-order valence-corrected chi connectivity index (χ0v) is 14.6. The Hall–Kier alpha value is -2.45. The van der Waals surface area contributed by atoms with Crippen molar-refractivity contribution < 1.29 is 4.79 Å². The largest absolute Gasteiger partial charge is 0.365 e. The first-order valence-corrected chi connectivity index (χ1v) is 8.50. The summed E-state index contributed by atoms with van der Waals surface area (Å²) >= 11 is 1.41. The number of rotatable bonds is 5. The van der Waals surface area contributed by atoms with Crippen LogP contribution in [0.2, 0.25) is 0 Å². The van der Waals surface area contributed by atoms with Gasteiger partial charge in [-0.25, -0.2) is 4.68 Å². The highest BCUT2D eigenvalue weighted by Gasteiger charge is 2.23. The second kappa shape index (κ2) is 6.58. The third kappa shape index (κ3) is 2.98. The molecule has 1 unspecified atom stereocenters. The number of hydrogen-bond donors (Lipinski definition) is 3. The summed E-state index contributed by atoms with van der Waals surface area (Å²) in [5.41, 5.74) is 8.61. The predicted octanol–water partition coefficient (Wildman–Crippen LogP) is 1.91. The Morgan fingerprint density at radius 1 is 1.46 bits per heavy atom. The fraction of sp³-hybridized carbons (Fsp3) is 0.312. The van der Waals surface area contributed by atoms with Crippen LogP contribution in [0.15, 0.2) is 24.3 Å². The van der Waals surface area contributed by atoms with Crippen LogP contribution in [0.3, 0.4) is 0 Å². The summed E-state index contributed by atoms with van der Waals surface area (Å²) < 4.78 is 2.46. The monoisotopic (exact) mass is 344 g/mol. The van der Waals surface area contributed by atoms with E-state index >= 15 is 0 Å². The predicted molar refractivity (Wildman–Crippen MR) is 97.0 cm³/mol. The summed E-state index contributed by atoms with van der Waals surface area (Å²) in [6.45, 7) is 4.25. The molecule has 24 heavy (non-hydrogen) atoms. The Bertz CT molecular complexity index is 884. The average Bonchev–Trinajstić information content (AvgIpc) is 3.13. The maximum Gasteiger partial charge on any atom is 0.273 e. The van der Waals surface area contributed by atoms with Crippen molar-refractivity contribution in [2.24, 2.45) is 5.73 Å². The first kappa shape index (κ1) is 16.4. The molecule has 8 heteroatoms. The van der Waals surface area contributed by atoms with Crippen molar-refractivity contribution in [2.45, 2.75) is 19.9 Å². The topological polar surface area (TPSA) is 97.9 Å². The van der Waals surface area contributed by atoms with Crippen LogP contribution in [-0.4, -0.2) is 40.3 Å². The number of nitrogens with zero attached hydrogens (tertiary/aromatic N) is 3. The van der Waals surface area contributed by atoms with Crippen LogP contribution < -0.4 is 16.4 Å². The molecule has 0 aliphatic heterocycles. The van der Waals surface area contributed by atoms with Crippen molar-refractivity contribution >= 4 is 32.7 Å². The standard InChI is InChI=1S/C16H20N6OS/c1-9-5-4-6-11(7-9)22-14-13(24-16(18-3)20-14)12(21-22)15(23)19-10(2)8-17/h4-7,10H,8,17H2,1-3H3,(H,18,20)(H,19,23). The average molecular weight is 344 g/mol. The SMILES string of the molecule is CNc1nc2c(s1)c(C(=O)NC(C)CN)nn2-c1cccc(C)c1. The van der Waals surface area contributed by atoms with Gasteiger partial charge in [-0.15, -0.1) is 0 Å². The van der Waals surface area contributed by atoms with Gasteiger partial charge in [-0.2, -0.15) is 10.1 Å². The van der Waals surface area contributed by atoms with E-state index in [-0.39, 0.29) is 11.9 Å². The van der Waals surface area contributed by atoms with E-state index < -0.39 is 0 Å². The van der Waals surface area contributed by atoms with E-state index in [9.17, 15) is 4.79 Å². The van der Waals surface area contributed by atoms with Crippen molar-refractivity contribution in [1.82, 2.24) is 20.1 Å². The Morgan fingerprint density at radius 3 is 2.92 bits per heavy atom. The van der Waals surface area contributed by atoms with Crippen LogP contribution in [0, 0.1) is 6.92 Å². The molecule has 0 spiro atoms. The number of nitrogens with two attached hydrogens (primary N) is 1. The fourth-order valence-electron chi connectivity index (χ4n) is 2.35. The Kier molecular flexibility index (Phi) is 4.50. The molecule has 2 heterocycles. The normalized spacial score (nSPS) is 12.3. The lowest BCUT2D eigenvalue weighted by Crippen LogP contribution is -2.38. The van der Waals surface area contributed by atoms with Crippen LogP contribution in [0.25, 0.3) is 16.0 Å². The van der Waals surface area contributed by atoms with Gasteiger partial charge in [-0.3, -0.25) is 4.79 Å². The van der Waals surface area contributed by atoms with Crippen molar-refractivity contribution in [1.29, 1.82) is 0 Å². The highest BCUT2D eigenvalue weighted by molar-refractivity contribution is 7.22. The number of nitrogens with one attached hydrogen (secondary N) is 2. The molecule has 1 aromatic carbocycles.